The van der Waals surface area contributed by atoms with Gasteiger partial charge < -0.3 is 15.2 Å². The Morgan fingerprint density at radius 1 is 1.50 bits per heavy atom. The maximum Gasteiger partial charge on any atom is 0.307 e. The molecule has 0 aromatic heterocycles. The molecule has 108 valence electrons. The first-order chi connectivity index (χ1) is 9.52. The molecule has 0 radical (unpaired) electrons. The molecule has 0 saturated heterocycles. The Morgan fingerprint density at radius 3 is 2.80 bits per heavy atom. The minimum Gasteiger partial charge on any atom is -0.481 e. The lowest BCUT2D eigenvalue weighted by atomic mass is 10.1. The van der Waals surface area contributed by atoms with E-state index in [9.17, 15) is 9.59 Å². The van der Waals surface area contributed by atoms with Crippen molar-refractivity contribution < 1.29 is 19.4 Å². The molecule has 1 fully saturated rings. The molecule has 5 nitrogen and oxygen atoms in total. The number of rotatable bonds is 6. The van der Waals surface area contributed by atoms with Gasteiger partial charge in [0.1, 0.15) is 0 Å². The van der Waals surface area contributed by atoms with Crippen LogP contribution < -0.4 is 5.32 Å². The van der Waals surface area contributed by atoms with Gasteiger partial charge in [-0.15, -0.1) is 0 Å². The minimum atomic E-state index is -0.914. The van der Waals surface area contributed by atoms with Gasteiger partial charge in [-0.25, -0.2) is 0 Å². The molecule has 1 aromatic rings. The summed E-state index contributed by atoms with van der Waals surface area (Å²) >= 11 is 5.91. The fraction of sp³-hybridized carbons (Fsp3) is 0.429. The molecule has 1 amide bonds. The summed E-state index contributed by atoms with van der Waals surface area (Å²) in [7, 11) is 1.55. The lowest BCUT2D eigenvalue weighted by Gasteiger charge is -2.16. The highest BCUT2D eigenvalue weighted by atomic mass is 35.5. The highest BCUT2D eigenvalue weighted by Gasteiger charge is 2.48. The quantitative estimate of drug-likeness (QED) is 0.840. The molecule has 2 N–H and O–H groups in total. The predicted octanol–water partition coefficient (Wildman–Crippen LogP) is 1.86. The first kappa shape index (κ1) is 14.8. The van der Waals surface area contributed by atoms with Crippen LogP contribution in [0, 0.1) is 11.8 Å². The van der Waals surface area contributed by atoms with E-state index in [1.54, 1.807) is 19.2 Å². The number of hydrogen-bond donors (Lipinski definition) is 2. The minimum absolute atomic E-state index is 0.235. The van der Waals surface area contributed by atoms with Crippen LogP contribution in [0.3, 0.4) is 0 Å². The summed E-state index contributed by atoms with van der Waals surface area (Å²) < 4.78 is 5.33. The van der Waals surface area contributed by atoms with Crippen LogP contribution in [0.4, 0.5) is 0 Å². The van der Waals surface area contributed by atoms with Crippen LogP contribution >= 0.6 is 11.6 Å². The summed E-state index contributed by atoms with van der Waals surface area (Å²) in [6.45, 7) is 0.290. The zero-order valence-electron chi connectivity index (χ0n) is 11.0. The number of aliphatic carboxylic acids is 1. The van der Waals surface area contributed by atoms with Crippen molar-refractivity contribution in [2.45, 2.75) is 12.5 Å². The zero-order chi connectivity index (χ0) is 14.7. The number of amides is 1. The SMILES string of the molecule is CO[C@H](CNC(=O)[C@H]1C[C@H]1C(=O)O)c1cccc(Cl)c1. The van der Waals surface area contributed by atoms with Gasteiger partial charge >= 0.3 is 5.97 Å². The average molecular weight is 298 g/mol. The Balaban J connectivity index is 1.89. The summed E-state index contributed by atoms with van der Waals surface area (Å²) in [5, 5.41) is 12.1. The zero-order valence-corrected chi connectivity index (χ0v) is 11.8. The van der Waals surface area contributed by atoms with Crippen molar-refractivity contribution in [2.75, 3.05) is 13.7 Å². The number of carbonyl (C=O) groups excluding carboxylic acids is 1. The predicted molar refractivity (Wildman–Crippen MR) is 73.4 cm³/mol. The molecule has 1 aliphatic carbocycles. The Bertz CT molecular complexity index is 520. The molecule has 0 heterocycles. The van der Waals surface area contributed by atoms with Crippen molar-refractivity contribution in [3.8, 4) is 0 Å². The van der Waals surface area contributed by atoms with Crippen LogP contribution in [0.25, 0.3) is 0 Å². The van der Waals surface area contributed by atoms with Crippen LogP contribution in [0.1, 0.15) is 18.1 Å². The largest absolute Gasteiger partial charge is 0.481 e. The Hall–Kier alpha value is -1.59. The number of nitrogens with one attached hydrogen (secondary N) is 1. The summed E-state index contributed by atoms with van der Waals surface area (Å²) in [6, 6.07) is 7.22. The maximum absolute atomic E-state index is 11.8. The second kappa shape index (κ2) is 6.24. The van der Waals surface area contributed by atoms with Gasteiger partial charge in [0.2, 0.25) is 5.91 Å². The van der Waals surface area contributed by atoms with E-state index >= 15 is 0 Å². The highest BCUT2D eigenvalue weighted by Crippen LogP contribution is 2.38. The third-order valence-corrected chi connectivity index (χ3v) is 3.65. The van der Waals surface area contributed by atoms with Crippen LogP contribution in [0.2, 0.25) is 5.02 Å². The lowest BCUT2D eigenvalue weighted by Crippen LogP contribution is -2.31. The van der Waals surface area contributed by atoms with Gasteiger partial charge in [0.15, 0.2) is 0 Å². The summed E-state index contributed by atoms with van der Waals surface area (Å²) in [4.78, 5) is 22.5. The topological polar surface area (TPSA) is 75.6 Å². The molecule has 0 bridgehead atoms. The third kappa shape index (κ3) is 3.49. The highest BCUT2D eigenvalue weighted by molar-refractivity contribution is 6.30. The molecular weight excluding hydrogens is 282 g/mol. The maximum atomic E-state index is 11.8. The second-order valence-corrected chi connectivity index (χ2v) is 5.25. The first-order valence-corrected chi connectivity index (χ1v) is 6.69. The molecule has 1 aliphatic rings. The molecule has 20 heavy (non-hydrogen) atoms. The van der Waals surface area contributed by atoms with Gasteiger partial charge in [0.25, 0.3) is 0 Å². The van der Waals surface area contributed by atoms with E-state index in [0.717, 1.165) is 5.56 Å². The van der Waals surface area contributed by atoms with Crippen LogP contribution in [0.15, 0.2) is 24.3 Å². The molecule has 1 aromatic carbocycles. The van der Waals surface area contributed by atoms with E-state index in [4.69, 9.17) is 21.4 Å². The first-order valence-electron chi connectivity index (χ1n) is 6.31. The van der Waals surface area contributed by atoms with E-state index in [-0.39, 0.29) is 12.0 Å². The number of carboxylic acid groups (broad SMARTS) is 1. The monoisotopic (exact) mass is 297 g/mol. The van der Waals surface area contributed by atoms with Crippen LogP contribution in [-0.2, 0) is 14.3 Å². The molecule has 0 unspecified atom stereocenters. The number of carboxylic acids is 1. The number of halogens is 1. The number of carbonyl (C=O) groups is 2. The van der Waals surface area contributed by atoms with Gasteiger partial charge in [-0.2, -0.15) is 0 Å². The number of hydrogen-bond acceptors (Lipinski definition) is 3. The molecule has 3 atom stereocenters. The van der Waals surface area contributed by atoms with Gasteiger partial charge in [-0.1, -0.05) is 23.7 Å². The summed E-state index contributed by atoms with van der Waals surface area (Å²) in [5.41, 5.74) is 0.867. The summed E-state index contributed by atoms with van der Waals surface area (Å²) in [5.74, 6) is -2.10. The van der Waals surface area contributed by atoms with E-state index in [1.807, 2.05) is 12.1 Å². The molecule has 2 rings (SSSR count). The van der Waals surface area contributed by atoms with Gasteiger partial charge in [-0.3, -0.25) is 9.59 Å². The van der Waals surface area contributed by atoms with E-state index in [0.29, 0.717) is 18.0 Å². The van der Waals surface area contributed by atoms with Crippen LogP contribution in [0.5, 0.6) is 0 Å². The van der Waals surface area contributed by atoms with E-state index in [1.165, 1.54) is 0 Å². The molecule has 0 spiro atoms. The molecule has 6 heteroatoms. The fourth-order valence-electron chi connectivity index (χ4n) is 2.13. The Morgan fingerprint density at radius 2 is 2.25 bits per heavy atom. The number of methoxy groups -OCH3 is 1. The van der Waals surface area contributed by atoms with Gasteiger partial charge in [0, 0.05) is 18.7 Å². The van der Waals surface area contributed by atoms with Crippen molar-refractivity contribution in [1.29, 1.82) is 0 Å². The number of ether oxygens (including phenoxy) is 1. The van der Waals surface area contributed by atoms with E-state index in [2.05, 4.69) is 5.32 Å². The van der Waals surface area contributed by atoms with Crippen molar-refractivity contribution in [3.63, 3.8) is 0 Å². The fourth-order valence-corrected chi connectivity index (χ4v) is 2.32. The average Bonchev–Trinajstić information content (AvgIpc) is 3.19. The van der Waals surface area contributed by atoms with Crippen molar-refractivity contribution in [2.24, 2.45) is 11.8 Å². The summed E-state index contributed by atoms with van der Waals surface area (Å²) in [6.07, 6.45) is 0.107. The smallest absolute Gasteiger partial charge is 0.307 e. The number of benzene rings is 1. The molecule has 1 saturated carbocycles. The third-order valence-electron chi connectivity index (χ3n) is 3.41. The van der Waals surface area contributed by atoms with Crippen molar-refractivity contribution in [3.05, 3.63) is 34.9 Å². The van der Waals surface area contributed by atoms with Crippen LogP contribution in [-0.4, -0.2) is 30.6 Å². The lowest BCUT2D eigenvalue weighted by molar-refractivity contribution is -0.140. The van der Waals surface area contributed by atoms with Gasteiger partial charge in [0.05, 0.1) is 17.9 Å². The van der Waals surface area contributed by atoms with Gasteiger partial charge in [-0.05, 0) is 24.1 Å². The molecule has 0 aliphatic heterocycles. The standard InChI is InChI=1S/C14H16ClNO4/c1-20-12(8-3-2-4-9(15)5-8)7-16-13(17)10-6-11(10)14(18)19/h2-5,10-12H,6-7H2,1H3,(H,16,17)(H,18,19)/t10-,11+,12+/m0/s1. The Kier molecular flexibility index (Phi) is 4.62. The van der Waals surface area contributed by atoms with Crippen molar-refractivity contribution in [1.82, 2.24) is 5.32 Å². The molecular formula is C14H16ClNO4. The second-order valence-electron chi connectivity index (χ2n) is 4.81. The van der Waals surface area contributed by atoms with Crippen molar-refractivity contribution >= 4 is 23.5 Å². The van der Waals surface area contributed by atoms with E-state index < -0.39 is 17.8 Å². The Labute approximate surface area is 121 Å². The normalized spacial score (nSPS) is 22.1.